The number of hydrogen-bond donors (Lipinski definition) is 1. The first-order valence-electron chi connectivity index (χ1n) is 6.91. The topological polar surface area (TPSA) is 46.9 Å². The number of nitrogens with zero attached hydrogens (tertiary/aromatic N) is 2. The number of amides is 1. The number of imidazole rings is 1. The Morgan fingerprint density at radius 3 is 2.80 bits per heavy atom. The highest BCUT2D eigenvalue weighted by Gasteiger charge is 2.29. The van der Waals surface area contributed by atoms with Crippen LogP contribution >= 0.6 is 11.8 Å². The lowest BCUT2D eigenvalue weighted by Crippen LogP contribution is -2.12. The number of carbonyl (C=O) groups is 1. The molecule has 102 valence electrons. The molecule has 0 unspecified atom stereocenters. The Labute approximate surface area is 121 Å². The van der Waals surface area contributed by atoms with Crippen LogP contribution in [0.3, 0.4) is 0 Å². The number of rotatable bonds is 3. The van der Waals surface area contributed by atoms with Crippen molar-refractivity contribution in [3.8, 4) is 11.3 Å². The second kappa shape index (κ2) is 4.66. The number of nitrogens with one attached hydrogen (secondary N) is 1. The first-order chi connectivity index (χ1) is 9.79. The summed E-state index contributed by atoms with van der Waals surface area (Å²) in [6, 6.07) is 7.94. The monoisotopic (exact) mass is 285 g/mol. The van der Waals surface area contributed by atoms with Gasteiger partial charge in [-0.25, -0.2) is 4.98 Å². The third-order valence-corrected chi connectivity index (χ3v) is 4.67. The lowest BCUT2D eigenvalue weighted by Gasteiger charge is -2.04. The van der Waals surface area contributed by atoms with Gasteiger partial charge in [0.25, 0.3) is 0 Å². The molecule has 0 atom stereocenters. The molecule has 1 N–H and O–H groups in total. The Morgan fingerprint density at radius 2 is 2.10 bits per heavy atom. The lowest BCUT2D eigenvalue weighted by atomic mass is 10.1. The molecule has 5 heteroatoms. The molecule has 20 heavy (non-hydrogen) atoms. The van der Waals surface area contributed by atoms with Crippen LogP contribution in [-0.4, -0.2) is 21.2 Å². The quantitative estimate of drug-likeness (QED) is 0.943. The molecular weight excluding hydrogens is 270 g/mol. The molecule has 0 radical (unpaired) electrons. The van der Waals surface area contributed by atoms with Crippen LogP contribution in [0.2, 0.25) is 0 Å². The molecule has 1 aromatic heterocycles. The summed E-state index contributed by atoms with van der Waals surface area (Å²) in [6.07, 6.45) is 4.16. The summed E-state index contributed by atoms with van der Waals surface area (Å²) in [5.41, 5.74) is 2.97. The second-order valence-electron chi connectivity index (χ2n) is 5.29. The highest BCUT2D eigenvalue weighted by molar-refractivity contribution is 7.99. The van der Waals surface area contributed by atoms with Crippen LogP contribution in [0.4, 0.5) is 5.69 Å². The van der Waals surface area contributed by atoms with Crippen molar-refractivity contribution in [2.75, 3.05) is 11.1 Å². The zero-order valence-corrected chi connectivity index (χ0v) is 11.8. The van der Waals surface area contributed by atoms with Crippen molar-refractivity contribution in [3.63, 3.8) is 0 Å². The van der Waals surface area contributed by atoms with Crippen molar-refractivity contribution >= 4 is 23.4 Å². The number of aromatic nitrogens is 2. The Bertz CT molecular complexity index is 637. The van der Waals surface area contributed by atoms with E-state index in [0.29, 0.717) is 0 Å². The van der Waals surface area contributed by atoms with Gasteiger partial charge in [-0.15, -0.1) is 0 Å². The Morgan fingerprint density at radius 1 is 1.30 bits per heavy atom. The number of thioether (sulfide) groups is 1. The molecule has 2 heterocycles. The van der Waals surface area contributed by atoms with E-state index in [4.69, 9.17) is 0 Å². The van der Waals surface area contributed by atoms with Gasteiger partial charge in [0.15, 0.2) is 5.16 Å². The van der Waals surface area contributed by atoms with E-state index in [9.17, 15) is 4.79 Å². The van der Waals surface area contributed by atoms with E-state index in [1.165, 1.54) is 0 Å². The summed E-state index contributed by atoms with van der Waals surface area (Å²) in [5, 5.41) is 4.06. The van der Waals surface area contributed by atoms with Crippen LogP contribution in [0, 0.1) is 5.92 Å². The Hall–Kier alpha value is -1.75. The van der Waals surface area contributed by atoms with Crippen LogP contribution in [0.25, 0.3) is 11.3 Å². The second-order valence-corrected chi connectivity index (χ2v) is 6.35. The summed E-state index contributed by atoms with van der Waals surface area (Å²) in [5.74, 6) is 1.51. The SMILES string of the molecule is O=C(Nc1ccc(-c2cn3c(n2)SCC3)cc1)C1CC1. The lowest BCUT2D eigenvalue weighted by molar-refractivity contribution is -0.117. The van der Waals surface area contributed by atoms with Crippen LogP contribution in [0.15, 0.2) is 35.6 Å². The third kappa shape index (κ3) is 2.22. The number of aryl methyl sites for hydroxylation is 1. The summed E-state index contributed by atoms with van der Waals surface area (Å²) in [6.45, 7) is 1.04. The zero-order chi connectivity index (χ0) is 13.5. The normalized spacial score (nSPS) is 17.0. The van der Waals surface area contributed by atoms with Gasteiger partial charge in [-0.2, -0.15) is 0 Å². The summed E-state index contributed by atoms with van der Waals surface area (Å²) in [4.78, 5) is 16.3. The van der Waals surface area contributed by atoms with Crippen LogP contribution in [-0.2, 0) is 11.3 Å². The molecule has 1 aliphatic heterocycles. The van der Waals surface area contributed by atoms with Gasteiger partial charge in [0.2, 0.25) is 5.91 Å². The standard InChI is InChI=1S/C15H15N3OS/c19-14(11-1-2-11)16-12-5-3-10(4-6-12)13-9-18-7-8-20-15(18)17-13/h3-6,9,11H,1-2,7-8H2,(H,16,19). The van der Waals surface area contributed by atoms with Crippen molar-refractivity contribution in [2.45, 2.75) is 24.5 Å². The van der Waals surface area contributed by atoms with Crippen molar-refractivity contribution < 1.29 is 4.79 Å². The number of carbonyl (C=O) groups excluding carboxylic acids is 1. The van der Waals surface area contributed by atoms with Crippen LogP contribution in [0.1, 0.15) is 12.8 Å². The smallest absolute Gasteiger partial charge is 0.227 e. The average molecular weight is 285 g/mol. The molecule has 0 saturated heterocycles. The molecule has 1 saturated carbocycles. The minimum Gasteiger partial charge on any atom is -0.326 e. The average Bonchev–Trinajstić information content (AvgIpc) is 3.09. The fourth-order valence-corrected chi connectivity index (χ4v) is 3.31. The zero-order valence-electron chi connectivity index (χ0n) is 11.0. The van der Waals surface area contributed by atoms with E-state index in [2.05, 4.69) is 21.1 Å². The molecular formula is C15H15N3OS. The van der Waals surface area contributed by atoms with E-state index >= 15 is 0 Å². The number of hydrogen-bond acceptors (Lipinski definition) is 3. The largest absolute Gasteiger partial charge is 0.326 e. The molecule has 1 aliphatic carbocycles. The van der Waals surface area contributed by atoms with Crippen molar-refractivity contribution in [2.24, 2.45) is 5.92 Å². The molecule has 4 rings (SSSR count). The van der Waals surface area contributed by atoms with Crippen molar-refractivity contribution in [1.82, 2.24) is 9.55 Å². The number of benzene rings is 1. The summed E-state index contributed by atoms with van der Waals surface area (Å²) in [7, 11) is 0. The maximum Gasteiger partial charge on any atom is 0.227 e. The van der Waals surface area contributed by atoms with E-state index in [-0.39, 0.29) is 11.8 Å². The van der Waals surface area contributed by atoms with Gasteiger partial charge < -0.3 is 9.88 Å². The Kier molecular flexibility index (Phi) is 2.80. The molecule has 0 spiro atoms. The highest BCUT2D eigenvalue weighted by atomic mass is 32.2. The van der Waals surface area contributed by atoms with Gasteiger partial charge in [-0.05, 0) is 25.0 Å². The molecule has 1 aromatic carbocycles. The number of anilines is 1. The van der Waals surface area contributed by atoms with E-state index < -0.39 is 0 Å². The highest BCUT2D eigenvalue weighted by Crippen LogP contribution is 2.31. The van der Waals surface area contributed by atoms with Crippen LogP contribution < -0.4 is 5.32 Å². The van der Waals surface area contributed by atoms with Gasteiger partial charge in [0.05, 0.1) is 5.69 Å². The molecule has 1 fully saturated rings. The van der Waals surface area contributed by atoms with Gasteiger partial charge in [0, 0.05) is 35.7 Å². The van der Waals surface area contributed by atoms with E-state index in [0.717, 1.165) is 47.2 Å². The third-order valence-electron chi connectivity index (χ3n) is 3.70. The molecule has 1 amide bonds. The Balaban J connectivity index is 1.52. The fourth-order valence-electron chi connectivity index (χ4n) is 2.36. The molecule has 4 nitrogen and oxygen atoms in total. The minimum atomic E-state index is 0.148. The van der Waals surface area contributed by atoms with Crippen molar-refractivity contribution in [3.05, 3.63) is 30.5 Å². The molecule has 0 bridgehead atoms. The van der Waals surface area contributed by atoms with E-state index in [1.807, 2.05) is 24.3 Å². The van der Waals surface area contributed by atoms with Gasteiger partial charge in [-0.1, -0.05) is 23.9 Å². The van der Waals surface area contributed by atoms with E-state index in [1.54, 1.807) is 11.8 Å². The van der Waals surface area contributed by atoms with Gasteiger partial charge >= 0.3 is 0 Å². The first-order valence-corrected chi connectivity index (χ1v) is 7.89. The van der Waals surface area contributed by atoms with Gasteiger partial charge in [-0.3, -0.25) is 4.79 Å². The minimum absolute atomic E-state index is 0.148. The summed E-state index contributed by atoms with van der Waals surface area (Å²) >= 11 is 1.80. The van der Waals surface area contributed by atoms with Gasteiger partial charge in [0.1, 0.15) is 0 Å². The molecule has 2 aromatic rings. The first kappa shape index (κ1) is 12.0. The fraction of sp³-hybridized carbons (Fsp3) is 0.333. The molecule has 2 aliphatic rings. The maximum absolute atomic E-state index is 11.7. The summed E-state index contributed by atoms with van der Waals surface area (Å²) < 4.78 is 2.20. The van der Waals surface area contributed by atoms with Crippen LogP contribution in [0.5, 0.6) is 0 Å². The van der Waals surface area contributed by atoms with Crippen molar-refractivity contribution in [1.29, 1.82) is 0 Å². The predicted molar refractivity (Wildman–Crippen MR) is 79.7 cm³/mol. The maximum atomic E-state index is 11.7. The number of fused-ring (bicyclic) bond motifs is 1. The predicted octanol–water partition coefficient (Wildman–Crippen LogP) is 3.00.